The lowest BCUT2D eigenvalue weighted by atomic mass is 9.79. The van der Waals surface area contributed by atoms with Gasteiger partial charge in [-0.05, 0) is 57.4 Å². The van der Waals surface area contributed by atoms with Crippen molar-refractivity contribution in [2.45, 2.75) is 52.9 Å². The zero-order chi connectivity index (χ0) is 17.8. The molecule has 130 valence electrons. The van der Waals surface area contributed by atoms with E-state index in [-0.39, 0.29) is 24.7 Å². The molecule has 0 saturated carbocycles. The first-order chi connectivity index (χ1) is 10.6. The monoisotopic (exact) mass is 323 g/mol. The van der Waals surface area contributed by atoms with Crippen LogP contribution in [-0.4, -0.2) is 35.9 Å². The summed E-state index contributed by atoms with van der Waals surface area (Å²) in [7, 11) is 3.35. The number of rotatable bonds is 7. The molecule has 0 aromatic heterocycles. The molecule has 0 heterocycles. The minimum absolute atomic E-state index is 0.0806. The van der Waals surface area contributed by atoms with Gasteiger partial charge in [0.1, 0.15) is 0 Å². The molecule has 5 nitrogen and oxygen atoms in total. The van der Waals surface area contributed by atoms with Gasteiger partial charge in [0.15, 0.2) is 0 Å². The van der Waals surface area contributed by atoms with E-state index in [1.807, 2.05) is 33.0 Å². The molecule has 0 saturated heterocycles. The van der Waals surface area contributed by atoms with Crippen molar-refractivity contribution in [3.05, 3.63) is 29.3 Å². The molecular formula is C18H29NO4. The van der Waals surface area contributed by atoms with E-state index in [2.05, 4.69) is 18.7 Å². The fourth-order valence-corrected chi connectivity index (χ4v) is 3.02. The SMILES string of the molecule is COC(=O)C(C)(C)CC(C)(C)N(C)c1cc(CO)cc(CO)c1. The highest BCUT2D eigenvalue weighted by atomic mass is 16.5. The van der Waals surface area contributed by atoms with Crippen molar-refractivity contribution in [2.24, 2.45) is 5.41 Å². The van der Waals surface area contributed by atoms with Crippen LogP contribution in [0.15, 0.2) is 18.2 Å². The van der Waals surface area contributed by atoms with Gasteiger partial charge in [0.25, 0.3) is 0 Å². The first-order valence-electron chi connectivity index (χ1n) is 7.74. The van der Waals surface area contributed by atoms with Crippen molar-refractivity contribution in [2.75, 3.05) is 19.1 Å². The second kappa shape index (κ2) is 7.32. The van der Waals surface area contributed by atoms with E-state index in [0.29, 0.717) is 6.42 Å². The number of carbonyl (C=O) groups is 1. The Morgan fingerprint density at radius 3 is 1.96 bits per heavy atom. The molecule has 0 unspecified atom stereocenters. The highest BCUT2D eigenvalue weighted by molar-refractivity contribution is 5.76. The third-order valence-electron chi connectivity index (χ3n) is 4.31. The Balaban J connectivity index is 3.11. The number of methoxy groups -OCH3 is 1. The fraction of sp³-hybridized carbons (Fsp3) is 0.611. The average molecular weight is 323 g/mol. The predicted molar refractivity (Wildman–Crippen MR) is 91.2 cm³/mol. The highest BCUT2D eigenvalue weighted by Crippen LogP contribution is 2.35. The zero-order valence-corrected chi connectivity index (χ0v) is 15.0. The lowest BCUT2D eigenvalue weighted by Gasteiger charge is -2.42. The van der Waals surface area contributed by atoms with Gasteiger partial charge in [-0.2, -0.15) is 0 Å². The van der Waals surface area contributed by atoms with Gasteiger partial charge in [-0.25, -0.2) is 0 Å². The third-order valence-corrected chi connectivity index (χ3v) is 4.31. The van der Waals surface area contributed by atoms with Crippen LogP contribution in [0.25, 0.3) is 0 Å². The summed E-state index contributed by atoms with van der Waals surface area (Å²) in [6.45, 7) is 7.70. The number of nitrogens with zero attached hydrogens (tertiary/aromatic N) is 1. The first kappa shape index (κ1) is 19.5. The van der Waals surface area contributed by atoms with Crippen molar-refractivity contribution < 1.29 is 19.7 Å². The summed E-state index contributed by atoms with van der Waals surface area (Å²) in [5.74, 6) is -0.237. The number of hydrogen-bond acceptors (Lipinski definition) is 5. The van der Waals surface area contributed by atoms with Crippen molar-refractivity contribution in [1.29, 1.82) is 0 Å². The molecule has 1 rings (SSSR count). The van der Waals surface area contributed by atoms with Crippen LogP contribution < -0.4 is 4.90 Å². The number of benzene rings is 1. The van der Waals surface area contributed by atoms with Crippen molar-refractivity contribution in [3.63, 3.8) is 0 Å². The molecule has 0 fully saturated rings. The van der Waals surface area contributed by atoms with Gasteiger partial charge in [-0.1, -0.05) is 6.07 Å². The Kier molecular flexibility index (Phi) is 6.19. The summed E-state index contributed by atoms with van der Waals surface area (Å²) >= 11 is 0. The van der Waals surface area contributed by atoms with Crippen molar-refractivity contribution in [3.8, 4) is 0 Å². The van der Waals surface area contributed by atoms with Gasteiger partial charge in [0.05, 0.1) is 25.7 Å². The Morgan fingerprint density at radius 2 is 1.57 bits per heavy atom. The maximum atomic E-state index is 12.0. The van der Waals surface area contributed by atoms with Gasteiger partial charge in [0.2, 0.25) is 0 Å². The quantitative estimate of drug-likeness (QED) is 0.754. The predicted octanol–water partition coefficient (Wildman–Crippen LogP) is 2.48. The molecular weight excluding hydrogens is 294 g/mol. The number of ether oxygens (including phenoxy) is 1. The third kappa shape index (κ3) is 4.69. The molecule has 0 atom stereocenters. The number of hydrogen-bond donors (Lipinski definition) is 2. The molecule has 0 spiro atoms. The van der Waals surface area contributed by atoms with Crippen LogP contribution in [0, 0.1) is 5.41 Å². The summed E-state index contributed by atoms with van der Waals surface area (Å²) in [6, 6.07) is 5.57. The molecule has 0 aliphatic carbocycles. The topological polar surface area (TPSA) is 70.0 Å². The number of esters is 1. The average Bonchev–Trinajstić information content (AvgIpc) is 2.51. The molecule has 0 bridgehead atoms. The smallest absolute Gasteiger partial charge is 0.311 e. The van der Waals surface area contributed by atoms with E-state index >= 15 is 0 Å². The Labute approximate surface area is 138 Å². The van der Waals surface area contributed by atoms with E-state index < -0.39 is 5.41 Å². The lowest BCUT2D eigenvalue weighted by Crippen LogP contribution is -2.46. The van der Waals surface area contributed by atoms with E-state index in [1.54, 1.807) is 6.07 Å². The van der Waals surface area contributed by atoms with Crippen LogP contribution in [0.3, 0.4) is 0 Å². The standard InChI is InChI=1S/C18H29NO4/c1-17(2,16(22)23-6)12-18(3,4)19(5)15-8-13(10-20)7-14(9-15)11-21/h7-9,20-21H,10-12H2,1-6H3. The van der Waals surface area contributed by atoms with Gasteiger partial charge >= 0.3 is 5.97 Å². The molecule has 2 N–H and O–H groups in total. The maximum Gasteiger partial charge on any atom is 0.311 e. The number of anilines is 1. The number of aliphatic hydroxyl groups is 2. The lowest BCUT2D eigenvalue weighted by molar-refractivity contribution is -0.151. The molecule has 5 heteroatoms. The molecule has 1 aromatic rings. The summed E-state index contributed by atoms with van der Waals surface area (Å²) in [6.07, 6.45) is 0.598. The van der Waals surface area contributed by atoms with Crippen LogP contribution in [0.5, 0.6) is 0 Å². The number of carbonyl (C=O) groups excluding carboxylic acids is 1. The van der Waals surface area contributed by atoms with Crippen molar-refractivity contribution in [1.82, 2.24) is 0 Å². The minimum atomic E-state index is -0.610. The highest BCUT2D eigenvalue weighted by Gasteiger charge is 2.37. The number of aliphatic hydroxyl groups excluding tert-OH is 2. The molecule has 0 radical (unpaired) electrons. The van der Waals surface area contributed by atoms with Gasteiger partial charge in [0, 0.05) is 18.3 Å². The molecule has 1 aromatic carbocycles. The molecule has 0 aliphatic heterocycles. The van der Waals surface area contributed by atoms with Crippen LogP contribution in [0.1, 0.15) is 45.2 Å². The normalized spacial score (nSPS) is 12.2. The molecule has 23 heavy (non-hydrogen) atoms. The van der Waals surface area contributed by atoms with Gasteiger partial charge < -0.3 is 19.8 Å². The summed E-state index contributed by atoms with van der Waals surface area (Å²) < 4.78 is 4.90. The van der Waals surface area contributed by atoms with E-state index in [4.69, 9.17) is 4.74 Å². The zero-order valence-electron chi connectivity index (χ0n) is 15.0. The molecule has 0 aliphatic rings. The summed E-state index contributed by atoms with van der Waals surface area (Å²) in [5.41, 5.74) is 1.47. The van der Waals surface area contributed by atoms with Gasteiger partial charge in [-0.3, -0.25) is 4.79 Å². The van der Waals surface area contributed by atoms with Crippen molar-refractivity contribution >= 4 is 11.7 Å². The summed E-state index contributed by atoms with van der Waals surface area (Å²) in [5, 5.41) is 18.8. The van der Waals surface area contributed by atoms with Crippen LogP contribution >= 0.6 is 0 Å². The van der Waals surface area contributed by atoms with Gasteiger partial charge in [-0.15, -0.1) is 0 Å². The molecule has 0 amide bonds. The second-order valence-corrected chi connectivity index (χ2v) is 7.25. The maximum absolute atomic E-state index is 12.0. The van der Waals surface area contributed by atoms with E-state index in [9.17, 15) is 15.0 Å². The first-order valence-corrected chi connectivity index (χ1v) is 7.74. The Bertz CT molecular complexity index is 530. The second-order valence-electron chi connectivity index (χ2n) is 7.25. The van der Waals surface area contributed by atoms with Crippen LogP contribution in [0.2, 0.25) is 0 Å². The Hall–Kier alpha value is -1.59. The van der Waals surface area contributed by atoms with E-state index in [0.717, 1.165) is 16.8 Å². The van der Waals surface area contributed by atoms with E-state index in [1.165, 1.54) is 7.11 Å². The minimum Gasteiger partial charge on any atom is -0.469 e. The summed E-state index contributed by atoms with van der Waals surface area (Å²) in [4.78, 5) is 14.0. The largest absolute Gasteiger partial charge is 0.469 e. The fourth-order valence-electron chi connectivity index (χ4n) is 3.02. The van der Waals surface area contributed by atoms with Crippen LogP contribution in [-0.2, 0) is 22.7 Å². The van der Waals surface area contributed by atoms with Crippen LogP contribution in [0.4, 0.5) is 5.69 Å². The Morgan fingerprint density at radius 1 is 1.09 bits per heavy atom.